The Balaban J connectivity index is 1.51. The Morgan fingerprint density at radius 1 is 1.20 bits per heavy atom. The van der Waals surface area contributed by atoms with Gasteiger partial charge < -0.3 is 0 Å². The predicted octanol–water partition coefficient (Wildman–Crippen LogP) is 3.17. The molecule has 124 valence electrons. The van der Waals surface area contributed by atoms with Crippen molar-refractivity contribution in [3.8, 4) is 0 Å². The maximum absolute atomic E-state index is 13.7. The van der Waals surface area contributed by atoms with Crippen LogP contribution in [0.3, 0.4) is 0 Å². The summed E-state index contributed by atoms with van der Waals surface area (Å²) < 4.78 is 15.3. The summed E-state index contributed by atoms with van der Waals surface area (Å²) in [6.45, 7) is 0. The number of anilines is 1. The van der Waals surface area contributed by atoms with E-state index in [1.165, 1.54) is 28.1 Å². The van der Waals surface area contributed by atoms with Gasteiger partial charge in [-0.05, 0) is 17.7 Å². The van der Waals surface area contributed by atoms with Gasteiger partial charge in [0.25, 0.3) is 5.91 Å². The summed E-state index contributed by atoms with van der Waals surface area (Å²) in [5.41, 5.74) is 1.44. The van der Waals surface area contributed by atoms with E-state index in [9.17, 15) is 9.18 Å². The average molecular weight is 353 g/mol. The van der Waals surface area contributed by atoms with E-state index >= 15 is 0 Å². The van der Waals surface area contributed by atoms with Gasteiger partial charge in [-0.2, -0.15) is 5.10 Å². The molecule has 0 unspecified atom stereocenters. The molecule has 3 heterocycles. The van der Waals surface area contributed by atoms with Crippen LogP contribution < -0.4 is 5.32 Å². The van der Waals surface area contributed by atoms with Crippen molar-refractivity contribution in [1.82, 2.24) is 19.6 Å². The number of thiazole rings is 1. The lowest BCUT2D eigenvalue weighted by Crippen LogP contribution is -2.11. The molecule has 0 aliphatic heterocycles. The molecule has 6 nitrogen and oxygen atoms in total. The zero-order valence-electron chi connectivity index (χ0n) is 12.9. The van der Waals surface area contributed by atoms with Crippen LogP contribution in [-0.4, -0.2) is 25.5 Å². The standard InChI is InChI=1S/C17H12FN5OS/c18-14-5-2-1-4-11(14)8-12-9-20-17(25-12)22-16(24)13-10-21-23-7-3-6-19-15(13)23/h1-7,9-10H,8H2,(H,20,22,24). The first-order valence-electron chi connectivity index (χ1n) is 7.48. The first-order chi connectivity index (χ1) is 12.2. The highest BCUT2D eigenvalue weighted by atomic mass is 32.1. The number of nitrogens with zero attached hydrogens (tertiary/aromatic N) is 4. The highest BCUT2D eigenvalue weighted by Crippen LogP contribution is 2.23. The van der Waals surface area contributed by atoms with Gasteiger partial charge in [-0.1, -0.05) is 18.2 Å². The summed E-state index contributed by atoms with van der Waals surface area (Å²) in [7, 11) is 0. The molecule has 0 aliphatic rings. The summed E-state index contributed by atoms with van der Waals surface area (Å²) in [5, 5.41) is 7.28. The molecule has 1 N–H and O–H groups in total. The summed E-state index contributed by atoms with van der Waals surface area (Å²) in [5.74, 6) is -0.584. The van der Waals surface area contributed by atoms with Crippen LogP contribution in [0.5, 0.6) is 0 Å². The Hall–Kier alpha value is -3.13. The Morgan fingerprint density at radius 2 is 2.08 bits per heavy atom. The molecular formula is C17H12FN5OS. The first-order valence-corrected chi connectivity index (χ1v) is 8.30. The minimum atomic E-state index is -0.333. The van der Waals surface area contributed by atoms with Crippen LogP contribution in [0, 0.1) is 5.82 Å². The van der Waals surface area contributed by atoms with Gasteiger partial charge in [0.2, 0.25) is 0 Å². The molecule has 0 atom stereocenters. The van der Waals surface area contributed by atoms with Crippen molar-refractivity contribution in [2.45, 2.75) is 6.42 Å². The third-order valence-corrected chi connectivity index (χ3v) is 4.53. The van der Waals surface area contributed by atoms with Gasteiger partial charge in [-0.15, -0.1) is 11.3 Å². The second-order valence-corrected chi connectivity index (χ2v) is 6.42. The van der Waals surface area contributed by atoms with Crippen LogP contribution in [-0.2, 0) is 6.42 Å². The lowest BCUT2D eigenvalue weighted by Gasteiger charge is -2.00. The molecule has 0 spiro atoms. The van der Waals surface area contributed by atoms with Crippen LogP contribution in [0.15, 0.2) is 55.1 Å². The topological polar surface area (TPSA) is 72.2 Å². The number of fused-ring (bicyclic) bond motifs is 1. The van der Waals surface area contributed by atoms with Gasteiger partial charge in [0.05, 0.1) is 6.20 Å². The average Bonchev–Trinajstić information content (AvgIpc) is 3.23. The van der Waals surface area contributed by atoms with E-state index in [1.54, 1.807) is 42.9 Å². The molecule has 0 bridgehead atoms. The number of carbonyl (C=O) groups is 1. The van der Waals surface area contributed by atoms with Gasteiger partial charge in [0.15, 0.2) is 10.8 Å². The molecule has 4 rings (SSSR count). The molecule has 3 aromatic heterocycles. The number of hydrogen-bond acceptors (Lipinski definition) is 5. The molecule has 0 radical (unpaired) electrons. The van der Waals surface area contributed by atoms with Crippen LogP contribution in [0.25, 0.3) is 5.65 Å². The van der Waals surface area contributed by atoms with E-state index in [4.69, 9.17) is 0 Å². The minimum Gasteiger partial charge on any atom is -0.298 e. The zero-order chi connectivity index (χ0) is 17.2. The Morgan fingerprint density at radius 3 is 2.96 bits per heavy atom. The quantitative estimate of drug-likeness (QED) is 0.612. The van der Waals surface area contributed by atoms with Crippen molar-refractivity contribution in [3.05, 3.63) is 76.9 Å². The van der Waals surface area contributed by atoms with Crippen molar-refractivity contribution in [3.63, 3.8) is 0 Å². The number of benzene rings is 1. The van der Waals surface area contributed by atoms with E-state index in [-0.39, 0.29) is 11.7 Å². The molecule has 1 amide bonds. The number of carbonyl (C=O) groups excluding carboxylic acids is 1. The van der Waals surface area contributed by atoms with Crippen LogP contribution in [0.4, 0.5) is 9.52 Å². The van der Waals surface area contributed by atoms with Gasteiger partial charge in [-0.25, -0.2) is 18.9 Å². The van der Waals surface area contributed by atoms with Gasteiger partial charge in [-0.3, -0.25) is 10.1 Å². The maximum Gasteiger partial charge on any atom is 0.262 e. The number of hydrogen-bond donors (Lipinski definition) is 1. The summed E-state index contributed by atoms with van der Waals surface area (Å²) >= 11 is 1.31. The summed E-state index contributed by atoms with van der Waals surface area (Å²) in [6, 6.07) is 8.34. The fourth-order valence-corrected chi connectivity index (χ4v) is 3.26. The molecule has 0 saturated heterocycles. The van der Waals surface area contributed by atoms with Crippen LogP contribution >= 0.6 is 11.3 Å². The lowest BCUT2D eigenvalue weighted by atomic mass is 10.1. The van der Waals surface area contributed by atoms with E-state index in [0.29, 0.717) is 28.3 Å². The smallest absolute Gasteiger partial charge is 0.262 e. The number of amides is 1. The number of halogens is 1. The van der Waals surface area contributed by atoms with Gasteiger partial charge >= 0.3 is 0 Å². The van der Waals surface area contributed by atoms with Crippen LogP contribution in [0.2, 0.25) is 0 Å². The van der Waals surface area contributed by atoms with Crippen molar-refractivity contribution in [2.24, 2.45) is 0 Å². The zero-order valence-corrected chi connectivity index (χ0v) is 13.7. The minimum absolute atomic E-state index is 0.251. The van der Waals surface area contributed by atoms with Crippen molar-refractivity contribution in [2.75, 3.05) is 5.32 Å². The Labute approximate surface area is 146 Å². The first kappa shape index (κ1) is 15.4. The number of nitrogens with one attached hydrogen (secondary N) is 1. The SMILES string of the molecule is O=C(Nc1ncc(Cc2ccccc2F)s1)c1cnn2cccnc12. The van der Waals surface area contributed by atoms with Crippen molar-refractivity contribution in [1.29, 1.82) is 0 Å². The third-order valence-electron chi connectivity index (χ3n) is 3.62. The van der Waals surface area contributed by atoms with Crippen LogP contribution in [0.1, 0.15) is 20.8 Å². The normalized spacial score (nSPS) is 10.9. The van der Waals surface area contributed by atoms with E-state index in [0.717, 1.165) is 4.88 Å². The summed E-state index contributed by atoms with van der Waals surface area (Å²) in [6.07, 6.45) is 6.85. The number of rotatable bonds is 4. The van der Waals surface area contributed by atoms with Gasteiger partial charge in [0, 0.05) is 29.9 Å². The Kier molecular flexibility index (Phi) is 3.95. The number of aromatic nitrogens is 4. The molecule has 25 heavy (non-hydrogen) atoms. The second kappa shape index (κ2) is 6.40. The van der Waals surface area contributed by atoms with Crippen molar-refractivity contribution < 1.29 is 9.18 Å². The van der Waals surface area contributed by atoms with Crippen molar-refractivity contribution >= 4 is 28.0 Å². The van der Waals surface area contributed by atoms with Gasteiger partial charge in [0.1, 0.15) is 11.4 Å². The van der Waals surface area contributed by atoms with E-state index < -0.39 is 0 Å². The molecule has 0 fully saturated rings. The maximum atomic E-state index is 13.7. The van der Waals surface area contributed by atoms with E-state index in [2.05, 4.69) is 20.4 Å². The second-order valence-electron chi connectivity index (χ2n) is 5.30. The fourth-order valence-electron chi connectivity index (χ4n) is 2.43. The fraction of sp³-hybridized carbons (Fsp3) is 0.0588. The highest BCUT2D eigenvalue weighted by molar-refractivity contribution is 7.15. The largest absolute Gasteiger partial charge is 0.298 e. The summed E-state index contributed by atoms with van der Waals surface area (Å²) in [4.78, 5) is 21.6. The molecule has 0 aliphatic carbocycles. The monoisotopic (exact) mass is 353 g/mol. The predicted molar refractivity (Wildman–Crippen MR) is 92.3 cm³/mol. The molecule has 0 saturated carbocycles. The molecular weight excluding hydrogens is 341 g/mol. The molecule has 4 aromatic rings. The van der Waals surface area contributed by atoms with E-state index in [1.807, 2.05) is 0 Å². The Bertz CT molecular complexity index is 1060. The molecule has 1 aromatic carbocycles. The highest BCUT2D eigenvalue weighted by Gasteiger charge is 2.15. The molecule has 8 heteroatoms. The lowest BCUT2D eigenvalue weighted by molar-refractivity contribution is 0.102. The third kappa shape index (κ3) is 3.11.